The van der Waals surface area contributed by atoms with Gasteiger partial charge in [-0.15, -0.1) is 0 Å². The minimum Gasteiger partial charge on any atom is -0.396 e. The van der Waals surface area contributed by atoms with Gasteiger partial charge in [-0.3, -0.25) is 0 Å². The fourth-order valence-corrected chi connectivity index (χ4v) is 4.94. The summed E-state index contributed by atoms with van der Waals surface area (Å²) in [6.07, 6.45) is 8.97. The van der Waals surface area contributed by atoms with E-state index in [0.717, 1.165) is 12.5 Å². The number of carbonyl (C=O) groups is 1. The molecular formula is C16H26N2O2. The van der Waals surface area contributed by atoms with Crippen LogP contribution in [-0.2, 0) is 0 Å². The van der Waals surface area contributed by atoms with Crippen molar-refractivity contribution >= 4 is 6.03 Å². The molecule has 4 saturated carbocycles. The second kappa shape index (κ2) is 4.62. The molecule has 112 valence electrons. The zero-order valence-corrected chi connectivity index (χ0v) is 12.1. The number of aliphatic hydroxyl groups is 1. The monoisotopic (exact) mass is 278 g/mol. The van der Waals surface area contributed by atoms with E-state index in [-0.39, 0.29) is 24.6 Å². The first-order chi connectivity index (χ1) is 9.72. The third-order valence-electron chi connectivity index (χ3n) is 6.53. The molecule has 4 rings (SSSR count). The van der Waals surface area contributed by atoms with Crippen molar-refractivity contribution in [2.24, 2.45) is 29.1 Å². The molecule has 4 nitrogen and oxygen atoms in total. The number of nitrogens with one attached hydrogen (secondary N) is 2. The second-order valence-corrected chi connectivity index (χ2v) is 7.67. The van der Waals surface area contributed by atoms with E-state index in [2.05, 4.69) is 10.6 Å². The van der Waals surface area contributed by atoms with Crippen LogP contribution in [0, 0.1) is 29.1 Å². The fraction of sp³-hybridized carbons (Fsp3) is 0.938. The van der Waals surface area contributed by atoms with Gasteiger partial charge in [-0.1, -0.05) is 0 Å². The van der Waals surface area contributed by atoms with Crippen LogP contribution in [0.5, 0.6) is 0 Å². The number of hydrogen-bond donors (Lipinski definition) is 3. The highest BCUT2D eigenvalue weighted by molar-refractivity contribution is 5.74. The van der Waals surface area contributed by atoms with Crippen LogP contribution < -0.4 is 10.6 Å². The highest BCUT2D eigenvalue weighted by Gasteiger charge is 2.54. The van der Waals surface area contributed by atoms with Gasteiger partial charge in [0.1, 0.15) is 0 Å². The summed E-state index contributed by atoms with van der Waals surface area (Å²) in [5, 5.41) is 15.8. The lowest BCUT2D eigenvalue weighted by atomic mass is 9.85. The van der Waals surface area contributed by atoms with Gasteiger partial charge in [0.2, 0.25) is 0 Å². The van der Waals surface area contributed by atoms with E-state index in [9.17, 15) is 9.90 Å². The van der Waals surface area contributed by atoms with Gasteiger partial charge in [-0.25, -0.2) is 4.79 Å². The van der Waals surface area contributed by atoms with Crippen molar-refractivity contribution in [3.63, 3.8) is 0 Å². The molecule has 0 aromatic heterocycles. The van der Waals surface area contributed by atoms with E-state index in [4.69, 9.17) is 0 Å². The number of rotatable bonds is 5. The van der Waals surface area contributed by atoms with E-state index in [0.29, 0.717) is 17.3 Å². The third-order valence-corrected chi connectivity index (χ3v) is 6.53. The molecule has 2 bridgehead atoms. The van der Waals surface area contributed by atoms with E-state index in [1.54, 1.807) is 0 Å². The smallest absolute Gasteiger partial charge is 0.315 e. The zero-order valence-electron chi connectivity index (χ0n) is 12.1. The van der Waals surface area contributed by atoms with Crippen LogP contribution in [0.4, 0.5) is 4.79 Å². The summed E-state index contributed by atoms with van der Waals surface area (Å²) in [5.41, 5.74) is 0.461. The van der Waals surface area contributed by atoms with Crippen molar-refractivity contribution in [2.45, 2.75) is 51.0 Å². The highest BCUT2D eigenvalue weighted by atomic mass is 16.3. The number of hydrogen-bond acceptors (Lipinski definition) is 2. The summed E-state index contributed by atoms with van der Waals surface area (Å²) in [6.45, 7) is 1.08. The van der Waals surface area contributed by atoms with E-state index >= 15 is 0 Å². The first-order valence-electron chi connectivity index (χ1n) is 8.37. The predicted molar refractivity (Wildman–Crippen MR) is 76.1 cm³/mol. The van der Waals surface area contributed by atoms with E-state index in [1.807, 2.05) is 0 Å². The largest absolute Gasteiger partial charge is 0.396 e. The average Bonchev–Trinajstić information content (AvgIpc) is 3.35. The minimum atomic E-state index is -0.00655. The maximum absolute atomic E-state index is 12.2. The number of urea groups is 1. The molecular weight excluding hydrogens is 252 g/mol. The first kappa shape index (κ1) is 12.9. The number of amides is 2. The van der Waals surface area contributed by atoms with Crippen LogP contribution in [-0.4, -0.2) is 30.3 Å². The highest BCUT2D eigenvalue weighted by Crippen LogP contribution is 2.60. The Morgan fingerprint density at radius 1 is 1.15 bits per heavy atom. The van der Waals surface area contributed by atoms with Crippen LogP contribution in [0.3, 0.4) is 0 Å². The Morgan fingerprint density at radius 3 is 2.55 bits per heavy atom. The molecule has 0 radical (unpaired) electrons. The fourth-order valence-electron chi connectivity index (χ4n) is 4.94. The molecule has 4 fully saturated rings. The quantitative estimate of drug-likeness (QED) is 0.719. The van der Waals surface area contributed by atoms with Gasteiger partial charge in [0, 0.05) is 25.1 Å². The molecule has 0 aromatic carbocycles. The molecule has 20 heavy (non-hydrogen) atoms. The summed E-state index contributed by atoms with van der Waals surface area (Å²) in [5.74, 6) is 2.41. The van der Waals surface area contributed by atoms with Crippen LogP contribution in [0.1, 0.15) is 44.9 Å². The molecule has 0 heterocycles. The van der Waals surface area contributed by atoms with Crippen molar-refractivity contribution in [1.82, 2.24) is 10.6 Å². The van der Waals surface area contributed by atoms with Crippen LogP contribution in [0.15, 0.2) is 0 Å². The van der Waals surface area contributed by atoms with Crippen LogP contribution in [0.2, 0.25) is 0 Å². The standard InChI is InChI=1S/C16H26N2O2/c19-8-13-10-1-2-11(7-10)14(13)18-15(20)17-9-16(5-6-16)12-3-4-12/h10-14,19H,1-9H2,(H2,17,18,20). The molecule has 2 amide bonds. The molecule has 4 heteroatoms. The Labute approximate surface area is 120 Å². The van der Waals surface area contributed by atoms with Crippen molar-refractivity contribution in [3.8, 4) is 0 Å². The lowest BCUT2D eigenvalue weighted by Gasteiger charge is -2.30. The van der Waals surface area contributed by atoms with Gasteiger partial charge in [-0.2, -0.15) is 0 Å². The van der Waals surface area contributed by atoms with Crippen molar-refractivity contribution in [2.75, 3.05) is 13.2 Å². The molecule has 0 saturated heterocycles. The zero-order chi connectivity index (χ0) is 13.7. The lowest BCUT2D eigenvalue weighted by molar-refractivity contribution is 0.144. The van der Waals surface area contributed by atoms with Crippen molar-refractivity contribution in [3.05, 3.63) is 0 Å². The summed E-state index contributed by atoms with van der Waals surface area (Å²) in [4.78, 5) is 12.2. The van der Waals surface area contributed by atoms with Gasteiger partial charge >= 0.3 is 6.03 Å². The van der Waals surface area contributed by atoms with Crippen molar-refractivity contribution < 1.29 is 9.90 Å². The molecule has 4 aliphatic carbocycles. The molecule has 4 unspecified atom stereocenters. The third kappa shape index (κ3) is 2.12. The molecule has 4 aliphatic rings. The number of carbonyl (C=O) groups excluding carboxylic acids is 1. The average molecular weight is 278 g/mol. The predicted octanol–water partition coefficient (Wildman–Crippen LogP) is 1.88. The van der Waals surface area contributed by atoms with Gasteiger partial charge in [0.25, 0.3) is 0 Å². The molecule has 0 aromatic rings. The Balaban J connectivity index is 1.29. The number of aliphatic hydroxyl groups excluding tert-OH is 1. The summed E-state index contributed by atoms with van der Waals surface area (Å²) in [6, 6.07) is 0.197. The topological polar surface area (TPSA) is 61.4 Å². The van der Waals surface area contributed by atoms with E-state index < -0.39 is 0 Å². The van der Waals surface area contributed by atoms with Gasteiger partial charge in [0.15, 0.2) is 0 Å². The van der Waals surface area contributed by atoms with Gasteiger partial charge < -0.3 is 15.7 Å². The second-order valence-electron chi connectivity index (χ2n) is 7.67. The SMILES string of the molecule is O=C(NCC1(C2CC2)CC1)NC1C2CCC(C2)C1CO. The van der Waals surface area contributed by atoms with Crippen LogP contribution >= 0.6 is 0 Å². The maximum Gasteiger partial charge on any atom is 0.315 e. The Bertz CT molecular complexity index is 403. The summed E-state index contributed by atoms with van der Waals surface area (Å²) in [7, 11) is 0. The Kier molecular flexibility index (Phi) is 2.99. The molecule has 3 N–H and O–H groups in total. The Morgan fingerprint density at radius 2 is 1.90 bits per heavy atom. The molecule has 0 spiro atoms. The van der Waals surface area contributed by atoms with Gasteiger partial charge in [0.05, 0.1) is 0 Å². The molecule has 0 aliphatic heterocycles. The molecule has 4 atom stereocenters. The normalized spacial score (nSPS) is 40.6. The first-order valence-corrected chi connectivity index (χ1v) is 8.37. The summed E-state index contributed by atoms with van der Waals surface area (Å²) >= 11 is 0. The lowest BCUT2D eigenvalue weighted by Crippen LogP contribution is -2.50. The van der Waals surface area contributed by atoms with E-state index in [1.165, 1.54) is 44.9 Å². The Hall–Kier alpha value is -0.770. The van der Waals surface area contributed by atoms with Gasteiger partial charge in [-0.05, 0) is 68.1 Å². The van der Waals surface area contributed by atoms with Crippen molar-refractivity contribution in [1.29, 1.82) is 0 Å². The maximum atomic E-state index is 12.2. The van der Waals surface area contributed by atoms with Crippen LogP contribution in [0.25, 0.3) is 0 Å². The minimum absolute atomic E-state index is 0.00655. The number of fused-ring (bicyclic) bond motifs is 2. The summed E-state index contributed by atoms with van der Waals surface area (Å²) < 4.78 is 0.